The van der Waals surface area contributed by atoms with Crippen LogP contribution in [0.2, 0.25) is 0 Å². The predicted molar refractivity (Wildman–Crippen MR) is 68.8 cm³/mol. The summed E-state index contributed by atoms with van der Waals surface area (Å²) in [5.41, 5.74) is 3.25. The van der Waals surface area contributed by atoms with Gasteiger partial charge in [-0.2, -0.15) is 0 Å². The fraction of sp³-hybridized carbons (Fsp3) is 0.286. The molecule has 94 valence electrons. The van der Waals surface area contributed by atoms with E-state index in [4.69, 9.17) is 0 Å². The van der Waals surface area contributed by atoms with Crippen LogP contribution < -0.4 is 5.32 Å². The van der Waals surface area contributed by atoms with Gasteiger partial charge in [-0.05, 0) is 44.2 Å². The van der Waals surface area contributed by atoms with E-state index >= 15 is 0 Å². The summed E-state index contributed by atoms with van der Waals surface area (Å²) in [5, 5.41) is 3.11. The molecule has 0 aliphatic carbocycles. The molecule has 0 saturated heterocycles. The molecule has 1 aromatic heterocycles. The summed E-state index contributed by atoms with van der Waals surface area (Å²) >= 11 is 0. The van der Waals surface area contributed by atoms with Gasteiger partial charge >= 0.3 is 0 Å². The van der Waals surface area contributed by atoms with Crippen LogP contribution in [0, 0.1) is 19.7 Å². The molecule has 1 aromatic carbocycles. The number of halogens is 1. The Labute approximate surface area is 106 Å². The Bertz CT molecular complexity index is 517. The molecule has 0 radical (unpaired) electrons. The molecule has 2 aromatic rings. The van der Waals surface area contributed by atoms with Crippen LogP contribution in [0.4, 0.5) is 4.39 Å². The fourth-order valence-electron chi connectivity index (χ4n) is 2.20. The minimum absolute atomic E-state index is 0.203. The highest BCUT2D eigenvalue weighted by molar-refractivity contribution is 5.38. The smallest absolute Gasteiger partial charge is 0.128 e. The van der Waals surface area contributed by atoms with Gasteiger partial charge in [0.25, 0.3) is 0 Å². The van der Waals surface area contributed by atoms with Crippen LogP contribution in [0.15, 0.2) is 30.7 Å². The molecule has 0 amide bonds. The van der Waals surface area contributed by atoms with Crippen LogP contribution in [-0.4, -0.2) is 17.0 Å². The minimum atomic E-state index is -0.256. The molecule has 1 atom stereocenters. The highest BCUT2D eigenvalue weighted by atomic mass is 19.1. The van der Waals surface area contributed by atoms with Gasteiger partial charge in [0.2, 0.25) is 0 Å². The third-order valence-electron chi connectivity index (χ3n) is 2.96. The summed E-state index contributed by atoms with van der Waals surface area (Å²) in [6, 6.07) is 5.06. The van der Waals surface area contributed by atoms with E-state index in [2.05, 4.69) is 15.3 Å². The van der Waals surface area contributed by atoms with Crippen molar-refractivity contribution in [1.29, 1.82) is 0 Å². The maximum atomic E-state index is 14.2. The Balaban J connectivity index is 2.52. The third-order valence-corrected chi connectivity index (χ3v) is 2.96. The first-order chi connectivity index (χ1) is 8.63. The summed E-state index contributed by atoms with van der Waals surface area (Å²) in [5.74, 6) is -0.203. The summed E-state index contributed by atoms with van der Waals surface area (Å²) in [6.07, 6.45) is 3.13. The van der Waals surface area contributed by atoms with Gasteiger partial charge in [0.05, 0.1) is 11.7 Å². The molecule has 0 aliphatic heterocycles. The monoisotopic (exact) mass is 245 g/mol. The third kappa shape index (κ3) is 2.38. The van der Waals surface area contributed by atoms with Crippen LogP contribution in [-0.2, 0) is 0 Å². The maximum absolute atomic E-state index is 14.2. The highest BCUT2D eigenvalue weighted by Crippen LogP contribution is 2.26. The average molecular weight is 245 g/mol. The molecule has 0 saturated carbocycles. The first-order valence-corrected chi connectivity index (χ1v) is 5.83. The van der Waals surface area contributed by atoms with Crippen molar-refractivity contribution in [3.63, 3.8) is 0 Å². The number of nitrogens with one attached hydrogen (secondary N) is 1. The molecule has 1 unspecified atom stereocenters. The van der Waals surface area contributed by atoms with Gasteiger partial charge in [0.15, 0.2) is 0 Å². The molecule has 0 bridgehead atoms. The standard InChI is InChI=1S/C14H16FN3/c1-9-6-10(2)13(11(15)7-9)14(16-3)12-4-5-17-8-18-12/h4-8,14,16H,1-3H3. The highest BCUT2D eigenvalue weighted by Gasteiger charge is 2.19. The average Bonchev–Trinajstić information content (AvgIpc) is 2.34. The molecular formula is C14H16FN3. The van der Waals surface area contributed by atoms with Crippen molar-refractivity contribution in [3.05, 3.63) is 58.9 Å². The SMILES string of the molecule is CNC(c1ccncn1)c1c(C)cc(C)cc1F. The Kier molecular flexibility index (Phi) is 3.67. The first-order valence-electron chi connectivity index (χ1n) is 5.83. The number of rotatable bonds is 3. The lowest BCUT2D eigenvalue weighted by Crippen LogP contribution is -2.21. The van der Waals surface area contributed by atoms with Crippen molar-refractivity contribution in [2.24, 2.45) is 0 Å². The molecule has 2 rings (SSSR count). The normalized spacial score (nSPS) is 12.4. The fourth-order valence-corrected chi connectivity index (χ4v) is 2.20. The van der Waals surface area contributed by atoms with Gasteiger partial charge in [-0.1, -0.05) is 6.07 Å². The summed E-state index contributed by atoms with van der Waals surface area (Å²) in [6.45, 7) is 3.80. The van der Waals surface area contributed by atoms with E-state index in [1.165, 1.54) is 6.33 Å². The Morgan fingerprint density at radius 3 is 2.61 bits per heavy atom. The molecule has 0 fully saturated rings. The zero-order valence-corrected chi connectivity index (χ0v) is 10.7. The minimum Gasteiger partial charge on any atom is -0.308 e. The summed E-state index contributed by atoms with van der Waals surface area (Å²) in [4.78, 5) is 8.07. The zero-order chi connectivity index (χ0) is 13.1. The second kappa shape index (κ2) is 5.23. The van der Waals surface area contributed by atoms with Crippen molar-refractivity contribution >= 4 is 0 Å². The molecule has 0 spiro atoms. The summed E-state index contributed by atoms with van der Waals surface area (Å²) in [7, 11) is 1.80. The Morgan fingerprint density at radius 1 is 1.28 bits per heavy atom. The molecule has 18 heavy (non-hydrogen) atoms. The van der Waals surface area contributed by atoms with Gasteiger partial charge in [0, 0.05) is 11.8 Å². The largest absolute Gasteiger partial charge is 0.308 e. The Hall–Kier alpha value is -1.81. The number of aromatic nitrogens is 2. The summed E-state index contributed by atoms with van der Waals surface area (Å²) < 4.78 is 14.2. The lowest BCUT2D eigenvalue weighted by atomic mass is 9.96. The topological polar surface area (TPSA) is 37.8 Å². The maximum Gasteiger partial charge on any atom is 0.128 e. The molecule has 4 heteroatoms. The zero-order valence-electron chi connectivity index (χ0n) is 10.7. The van der Waals surface area contributed by atoms with Crippen LogP contribution >= 0.6 is 0 Å². The van der Waals surface area contributed by atoms with Crippen molar-refractivity contribution in [1.82, 2.24) is 15.3 Å². The number of benzene rings is 1. The number of hydrogen-bond acceptors (Lipinski definition) is 3. The van der Waals surface area contributed by atoms with E-state index in [9.17, 15) is 4.39 Å². The van der Waals surface area contributed by atoms with Gasteiger partial charge in [-0.15, -0.1) is 0 Å². The van der Waals surface area contributed by atoms with E-state index < -0.39 is 0 Å². The van der Waals surface area contributed by atoms with Crippen molar-refractivity contribution < 1.29 is 4.39 Å². The van der Waals surface area contributed by atoms with Crippen LogP contribution in [0.3, 0.4) is 0 Å². The second-order valence-corrected chi connectivity index (χ2v) is 4.33. The quantitative estimate of drug-likeness (QED) is 0.903. The van der Waals surface area contributed by atoms with E-state index in [1.807, 2.05) is 19.9 Å². The number of aryl methyl sites for hydroxylation is 2. The van der Waals surface area contributed by atoms with Gasteiger partial charge < -0.3 is 5.32 Å². The predicted octanol–water partition coefficient (Wildman–Crippen LogP) is 2.54. The van der Waals surface area contributed by atoms with Crippen LogP contribution in [0.5, 0.6) is 0 Å². The number of hydrogen-bond donors (Lipinski definition) is 1. The van der Waals surface area contributed by atoms with E-state index in [-0.39, 0.29) is 11.9 Å². The molecule has 1 N–H and O–H groups in total. The lowest BCUT2D eigenvalue weighted by molar-refractivity contribution is 0.566. The molecule has 0 aliphatic rings. The van der Waals surface area contributed by atoms with E-state index in [1.54, 1.807) is 25.4 Å². The molecular weight excluding hydrogens is 229 g/mol. The second-order valence-electron chi connectivity index (χ2n) is 4.33. The first kappa shape index (κ1) is 12.6. The number of nitrogens with zero attached hydrogens (tertiary/aromatic N) is 2. The van der Waals surface area contributed by atoms with Crippen molar-refractivity contribution in [2.45, 2.75) is 19.9 Å². The Morgan fingerprint density at radius 2 is 2.06 bits per heavy atom. The molecule has 1 heterocycles. The van der Waals surface area contributed by atoms with Gasteiger partial charge in [-0.3, -0.25) is 0 Å². The van der Waals surface area contributed by atoms with Crippen molar-refractivity contribution in [3.8, 4) is 0 Å². The van der Waals surface area contributed by atoms with E-state index in [0.29, 0.717) is 5.56 Å². The molecule has 3 nitrogen and oxygen atoms in total. The van der Waals surface area contributed by atoms with E-state index in [0.717, 1.165) is 16.8 Å². The van der Waals surface area contributed by atoms with Crippen LogP contribution in [0.1, 0.15) is 28.4 Å². The van der Waals surface area contributed by atoms with Gasteiger partial charge in [-0.25, -0.2) is 14.4 Å². The van der Waals surface area contributed by atoms with Gasteiger partial charge in [0.1, 0.15) is 12.1 Å². The van der Waals surface area contributed by atoms with Crippen LogP contribution in [0.25, 0.3) is 0 Å². The lowest BCUT2D eigenvalue weighted by Gasteiger charge is -2.19. The van der Waals surface area contributed by atoms with Crippen molar-refractivity contribution in [2.75, 3.05) is 7.05 Å².